The van der Waals surface area contributed by atoms with Crippen molar-refractivity contribution in [2.45, 2.75) is 18.2 Å². The summed E-state index contributed by atoms with van der Waals surface area (Å²) < 4.78 is 75.2. The van der Waals surface area contributed by atoms with Crippen LogP contribution in [0.2, 0.25) is 0 Å². The van der Waals surface area contributed by atoms with Crippen molar-refractivity contribution in [1.29, 1.82) is 0 Å². The highest BCUT2D eigenvalue weighted by Crippen LogP contribution is 2.32. The van der Waals surface area contributed by atoms with Crippen LogP contribution in [0.5, 0.6) is 17.4 Å². The molecule has 0 amide bonds. The smallest absolute Gasteiger partial charge is 0.439 e. The Morgan fingerprint density at radius 3 is 2.24 bits per heavy atom. The quantitative estimate of drug-likeness (QED) is 0.512. The van der Waals surface area contributed by atoms with Gasteiger partial charge in [0, 0.05) is 32.2 Å². The Morgan fingerprint density at radius 2 is 1.56 bits per heavy atom. The summed E-state index contributed by atoms with van der Waals surface area (Å²) in [7, 11) is -4.20. The molecular weight excluding hydrogens is 473 g/mol. The Hall–Kier alpha value is -3.38. The van der Waals surface area contributed by atoms with Gasteiger partial charge >= 0.3 is 6.36 Å². The third-order valence-corrected chi connectivity index (χ3v) is 6.96. The average Bonchev–Trinajstić information content (AvgIpc) is 2.79. The van der Waals surface area contributed by atoms with E-state index in [-0.39, 0.29) is 26.2 Å². The zero-order chi connectivity index (χ0) is 24.3. The predicted molar refractivity (Wildman–Crippen MR) is 117 cm³/mol. The van der Waals surface area contributed by atoms with Crippen LogP contribution in [0, 0.1) is 6.92 Å². The van der Waals surface area contributed by atoms with Crippen LogP contribution in [0.15, 0.2) is 65.6 Å². The van der Waals surface area contributed by atoms with E-state index in [1.54, 1.807) is 25.1 Å². The van der Waals surface area contributed by atoms with E-state index in [1.807, 2.05) is 23.1 Å². The second-order valence-corrected chi connectivity index (χ2v) is 9.32. The number of piperazine rings is 1. The summed E-state index contributed by atoms with van der Waals surface area (Å²) in [5.41, 5.74) is 0. The Labute approximate surface area is 194 Å². The van der Waals surface area contributed by atoms with Crippen molar-refractivity contribution in [2.75, 3.05) is 31.1 Å². The number of benzene rings is 2. The molecule has 8 nitrogen and oxygen atoms in total. The number of anilines is 1. The number of halogens is 3. The second kappa shape index (κ2) is 9.47. The fourth-order valence-electron chi connectivity index (χ4n) is 3.52. The summed E-state index contributed by atoms with van der Waals surface area (Å²) in [6.07, 6.45) is -5.01. The van der Waals surface area contributed by atoms with Gasteiger partial charge in [-0.2, -0.15) is 9.29 Å². The van der Waals surface area contributed by atoms with Gasteiger partial charge in [-0.1, -0.05) is 30.3 Å². The minimum atomic E-state index is -5.01. The van der Waals surface area contributed by atoms with Crippen LogP contribution in [0.25, 0.3) is 0 Å². The molecule has 0 N–H and O–H groups in total. The molecule has 2 heterocycles. The number of aryl methyl sites for hydroxylation is 1. The summed E-state index contributed by atoms with van der Waals surface area (Å²) in [5, 5.41) is 0. The molecule has 180 valence electrons. The van der Waals surface area contributed by atoms with E-state index >= 15 is 0 Å². The van der Waals surface area contributed by atoms with Crippen molar-refractivity contribution in [3.8, 4) is 17.4 Å². The minimum Gasteiger partial charge on any atom is -0.439 e. The first kappa shape index (κ1) is 23.8. The maximum Gasteiger partial charge on any atom is 0.573 e. The highest BCUT2D eigenvalue weighted by Gasteiger charge is 2.36. The molecule has 1 aliphatic heterocycles. The van der Waals surface area contributed by atoms with E-state index < -0.39 is 27.0 Å². The van der Waals surface area contributed by atoms with E-state index in [2.05, 4.69) is 14.7 Å². The summed E-state index contributed by atoms with van der Waals surface area (Å²) in [4.78, 5) is 10.0. The minimum absolute atomic E-state index is 0.0562. The van der Waals surface area contributed by atoms with E-state index in [9.17, 15) is 21.6 Å². The van der Waals surface area contributed by atoms with Gasteiger partial charge in [0.1, 0.15) is 28.0 Å². The van der Waals surface area contributed by atoms with Crippen molar-refractivity contribution >= 4 is 15.8 Å². The second-order valence-electron chi connectivity index (χ2n) is 7.41. The lowest BCUT2D eigenvalue weighted by molar-refractivity contribution is -0.275. The normalized spacial score (nSPS) is 15.2. The Bertz CT molecular complexity index is 1250. The molecule has 3 aromatic rings. The van der Waals surface area contributed by atoms with Crippen LogP contribution >= 0.6 is 0 Å². The molecule has 0 radical (unpaired) electrons. The van der Waals surface area contributed by atoms with Gasteiger partial charge in [0.05, 0.1) is 0 Å². The van der Waals surface area contributed by atoms with Crippen LogP contribution in [-0.4, -0.2) is 55.2 Å². The fraction of sp³-hybridized carbons (Fsp3) is 0.273. The maximum absolute atomic E-state index is 13.1. The zero-order valence-electron chi connectivity index (χ0n) is 18.1. The van der Waals surface area contributed by atoms with Crippen molar-refractivity contribution in [2.24, 2.45) is 0 Å². The predicted octanol–water partition coefficient (Wildman–Crippen LogP) is 3.99. The first-order valence-corrected chi connectivity index (χ1v) is 11.7. The van der Waals surface area contributed by atoms with Crippen molar-refractivity contribution in [3.63, 3.8) is 0 Å². The molecule has 2 aromatic carbocycles. The molecule has 1 aliphatic rings. The van der Waals surface area contributed by atoms with Crippen molar-refractivity contribution in [1.82, 2.24) is 14.3 Å². The topological polar surface area (TPSA) is 84.9 Å². The Morgan fingerprint density at radius 1 is 0.912 bits per heavy atom. The molecule has 0 bridgehead atoms. The largest absolute Gasteiger partial charge is 0.573 e. The van der Waals surface area contributed by atoms with E-state index in [4.69, 9.17) is 4.74 Å². The molecule has 0 aliphatic carbocycles. The summed E-state index contributed by atoms with van der Waals surface area (Å²) >= 11 is 0. The van der Waals surface area contributed by atoms with Crippen LogP contribution in [0.3, 0.4) is 0 Å². The maximum atomic E-state index is 13.1. The number of para-hydroxylation sites is 2. The van der Waals surface area contributed by atoms with Crippen LogP contribution in [0.1, 0.15) is 5.82 Å². The zero-order valence-corrected chi connectivity index (χ0v) is 18.9. The highest BCUT2D eigenvalue weighted by molar-refractivity contribution is 7.89. The van der Waals surface area contributed by atoms with Gasteiger partial charge in [-0.25, -0.2) is 13.4 Å². The third kappa shape index (κ3) is 5.57. The molecule has 1 saturated heterocycles. The van der Waals surface area contributed by atoms with Crippen LogP contribution in [-0.2, 0) is 10.0 Å². The molecule has 0 atom stereocenters. The van der Waals surface area contributed by atoms with E-state index in [0.717, 1.165) is 16.4 Å². The number of rotatable bonds is 6. The van der Waals surface area contributed by atoms with Crippen LogP contribution in [0.4, 0.5) is 19.0 Å². The molecule has 0 unspecified atom stereocenters. The van der Waals surface area contributed by atoms with Gasteiger partial charge in [-0.3, -0.25) is 0 Å². The molecular formula is C22H21F3N4O4S. The summed E-state index contributed by atoms with van der Waals surface area (Å²) in [6.45, 7) is 2.40. The summed E-state index contributed by atoms with van der Waals surface area (Å²) in [5.74, 6) is 1.25. The summed E-state index contributed by atoms with van der Waals surface area (Å²) in [6, 6.07) is 15.5. The fourth-order valence-corrected chi connectivity index (χ4v) is 5.05. The monoisotopic (exact) mass is 494 g/mol. The number of hydrogen-bond donors (Lipinski definition) is 0. The average molecular weight is 494 g/mol. The Balaban J connectivity index is 1.49. The van der Waals surface area contributed by atoms with E-state index in [0.29, 0.717) is 23.3 Å². The number of hydrogen-bond acceptors (Lipinski definition) is 7. The standard InChI is InChI=1S/C22H21F3N4O4S/c1-16-26-20(15-21(27-16)32-17-7-3-2-4-8-17)28-11-13-29(14-12-28)34(30,31)19-10-6-5-9-18(19)33-22(23,24)25/h2-10,15H,11-14H2,1H3. The molecule has 34 heavy (non-hydrogen) atoms. The van der Waals surface area contributed by atoms with Gasteiger partial charge in [-0.15, -0.1) is 13.2 Å². The molecule has 0 spiro atoms. The molecule has 1 aromatic heterocycles. The lowest BCUT2D eigenvalue weighted by Gasteiger charge is -2.35. The lowest BCUT2D eigenvalue weighted by atomic mass is 10.3. The first-order chi connectivity index (χ1) is 16.1. The van der Waals surface area contributed by atoms with Gasteiger partial charge < -0.3 is 14.4 Å². The Kier molecular flexibility index (Phi) is 6.62. The van der Waals surface area contributed by atoms with Crippen molar-refractivity contribution in [3.05, 3.63) is 66.5 Å². The van der Waals surface area contributed by atoms with E-state index in [1.165, 1.54) is 12.1 Å². The number of nitrogens with zero attached hydrogens (tertiary/aromatic N) is 4. The molecule has 1 fully saturated rings. The number of alkyl halides is 3. The van der Waals surface area contributed by atoms with Gasteiger partial charge in [0.2, 0.25) is 15.9 Å². The number of sulfonamides is 1. The van der Waals surface area contributed by atoms with Gasteiger partial charge in [0.15, 0.2) is 0 Å². The highest BCUT2D eigenvalue weighted by atomic mass is 32.2. The molecule has 4 rings (SSSR count). The molecule has 0 saturated carbocycles. The number of aromatic nitrogens is 2. The van der Waals surface area contributed by atoms with Crippen molar-refractivity contribution < 1.29 is 31.1 Å². The van der Waals surface area contributed by atoms with Crippen LogP contribution < -0.4 is 14.4 Å². The molecule has 12 heteroatoms. The lowest BCUT2D eigenvalue weighted by Crippen LogP contribution is -2.49. The number of ether oxygens (including phenoxy) is 2. The van der Waals surface area contributed by atoms with Gasteiger partial charge in [-0.05, 0) is 31.2 Å². The first-order valence-electron chi connectivity index (χ1n) is 10.3. The van der Waals surface area contributed by atoms with Gasteiger partial charge in [0.25, 0.3) is 0 Å². The SMILES string of the molecule is Cc1nc(Oc2ccccc2)cc(N2CCN(S(=O)(=O)c3ccccc3OC(F)(F)F)CC2)n1. The third-order valence-electron chi connectivity index (χ3n) is 5.02.